The average molecular weight is 266 g/mol. The van der Waals surface area contributed by atoms with Gasteiger partial charge in [0.05, 0.1) is 24.4 Å². The molecule has 1 atom stereocenters. The van der Waals surface area contributed by atoms with Crippen molar-refractivity contribution in [3.05, 3.63) is 59.2 Å². The maximum Gasteiger partial charge on any atom is 0.143 e. The van der Waals surface area contributed by atoms with Crippen molar-refractivity contribution in [2.24, 2.45) is 0 Å². The van der Waals surface area contributed by atoms with Crippen molar-refractivity contribution in [3.8, 4) is 11.8 Å². The van der Waals surface area contributed by atoms with Gasteiger partial charge < -0.3 is 10.1 Å². The third-order valence-electron chi connectivity index (χ3n) is 3.28. The first-order valence-electron chi connectivity index (χ1n) is 6.55. The fourth-order valence-corrected chi connectivity index (χ4v) is 2.05. The van der Waals surface area contributed by atoms with E-state index in [1.54, 1.807) is 19.2 Å². The van der Waals surface area contributed by atoms with E-state index in [2.05, 4.69) is 49.5 Å². The summed E-state index contributed by atoms with van der Waals surface area (Å²) in [5.74, 6) is 0.683. The van der Waals surface area contributed by atoms with E-state index in [9.17, 15) is 0 Å². The Morgan fingerprint density at radius 1 is 1.15 bits per heavy atom. The number of hydrogen-bond acceptors (Lipinski definition) is 3. The fourth-order valence-electron chi connectivity index (χ4n) is 2.05. The highest BCUT2D eigenvalue weighted by molar-refractivity contribution is 5.60. The molecule has 0 bridgehead atoms. The molecule has 0 spiro atoms. The van der Waals surface area contributed by atoms with E-state index in [4.69, 9.17) is 10.00 Å². The minimum absolute atomic E-state index is 0.164. The van der Waals surface area contributed by atoms with E-state index in [1.807, 2.05) is 6.07 Å². The largest absolute Gasteiger partial charge is 0.495 e. The van der Waals surface area contributed by atoms with E-state index in [1.165, 1.54) is 11.1 Å². The van der Waals surface area contributed by atoms with Gasteiger partial charge in [0.15, 0.2) is 0 Å². The summed E-state index contributed by atoms with van der Waals surface area (Å²) in [4.78, 5) is 0. The molecule has 3 heteroatoms. The molecule has 0 heterocycles. The molecular formula is C17H18N2O. The molecule has 0 aliphatic heterocycles. The SMILES string of the molecule is COc1cc(C#N)ccc1NC(C)c1ccc(C)cc1. The van der Waals surface area contributed by atoms with Gasteiger partial charge in [-0.25, -0.2) is 0 Å². The standard InChI is InChI=1S/C17H18N2O/c1-12-4-7-15(8-5-12)13(2)19-16-9-6-14(11-18)10-17(16)20-3/h4-10,13,19H,1-3H3. The van der Waals surface area contributed by atoms with Gasteiger partial charge in [-0.3, -0.25) is 0 Å². The van der Waals surface area contributed by atoms with Crippen LogP contribution in [0.1, 0.15) is 29.7 Å². The predicted octanol–water partition coefficient (Wildman–Crippen LogP) is 4.05. The number of ether oxygens (including phenoxy) is 1. The van der Waals surface area contributed by atoms with Gasteiger partial charge in [-0.05, 0) is 31.5 Å². The van der Waals surface area contributed by atoms with Crippen molar-refractivity contribution in [1.82, 2.24) is 0 Å². The Hall–Kier alpha value is -2.47. The number of aryl methyl sites for hydroxylation is 1. The van der Waals surface area contributed by atoms with Crippen molar-refractivity contribution < 1.29 is 4.74 Å². The zero-order valence-electron chi connectivity index (χ0n) is 12.0. The first kappa shape index (κ1) is 14.0. The highest BCUT2D eigenvalue weighted by Crippen LogP contribution is 2.29. The number of anilines is 1. The Labute approximate surface area is 119 Å². The molecule has 0 fully saturated rings. The molecule has 102 valence electrons. The van der Waals surface area contributed by atoms with E-state index in [0.717, 1.165) is 5.69 Å². The summed E-state index contributed by atoms with van der Waals surface area (Å²) in [6.07, 6.45) is 0. The fraction of sp³-hybridized carbons (Fsp3) is 0.235. The lowest BCUT2D eigenvalue weighted by Gasteiger charge is -2.18. The van der Waals surface area contributed by atoms with Crippen LogP contribution >= 0.6 is 0 Å². The lowest BCUT2D eigenvalue weighted by atomic mass is 10.1. The normalized spacial score (nSPS) is 11.5. The summed E-state index contributed by atoms with van der Waals surface area (Å²) in [6.45, 7) is 4.17. The van der Waals surface area contributed by atoms with Crippen molar-refractivity contribution in [2.45, 2.75) is 19.9 Å². The molecule has 1 unspecified atom stereocenters. The lowest BCUT2D eigenvalue weighted by Crippen LogP contribution is -2.07. The molecule has 0 saturated carbocycles. The van der Waals surface area contributed by atoms with Crippen molar-refractivity contribution >= 4 is 5.69 Å². The molecule has 2 aromatic carbocycles. The summed E-state index contributed by atoms with van der Waals surface area (Å²) < 4.78 is 5.33. The Bertz CT molecular complexity index is 626. The molecule has 20 heavy (non-hydrogen) atoms. The molecule has 1 N–H and O–H groups in total. The predicted molar refractivity (Wildman–Crippen MR) is 80.9 cm³/mol. The van der Waals surface area contributed by atoms with Crippen LogP contribution < -0.4 is 10.1 Å². The number of rotatable bonds is 4. The van der Waals surface area contributed by atoms with Gasteiger partial charge in [0.25, 0.3) is 0 Å². The van der Waals surface area contributed by atoms with Crippen LogP contribution in [-0.2, 0) is 0 Å². The number of nitrogens with one attached hydrogen (secondary N) is 1. The topological polar surface area (TPSA) is 45.0 Å². The Kier molecular flexibility index (Phi) is 4.27. The molecule has 0 radical (unpaired) electrons. The van der Waals surface area contributed by atoms with Gasteiger partial charge >= 0.3 is 0 Å². The Morgan fingerprint density at radius 3 is 2.45 bits per heavy atom. The molecule has 0 aromatic heterocycles. The van der Waals surface area contributed by atoms with Gasteiger partial charge in [0.2, 0.25) is 0 Å². The molecule has 0 amide bonds. The second kappa shape index (κ2) is 6.12. The van der Waals surface area contributed by atoms with Crippen LogP contribution in [-0.4, -0.2) is 7.11 Å². The van der Waals surface area contributed by atoms with Crippen molar-refractivity contribution in [1.29, 1.82) is 5.26 Å². The van der Waals surface area contributed by atoms with Crippen LogP contribution in [0.2, 0.25) is 0 Å². The zero-order valence-corrected chi connectivity index (χ0v) is 12.0. The molecule has 3 nitrogen and oxygen atoms in total. The number of hydrogen-bond donors (Lipinski definition) is 1. The highest BCUT2D eigenvalue weighted by Gasteiger charge is 2.09. The average Bonchev–Trinajstić information content (AvgIpc) is 2.48. The van der Waals surface area contributed by atoms with Crippen molar-refractivity contribution in [3.63, 3.8) is 0 Å². The van der Waals surface area contributed by atoms with Crippen LogP contribution in [0.4, 0.5) is 5.69 Å². The van der Waals surface area contributed by atoms with Crippen LogP contribution in [0.15, 0.2) is 42.5 Å². The number of nitriles is 1. The minimum atomic E-state index is 0.164. The zero-order chi connectivity index (χ0) is 14.5. The van der Waals surface area contributed by atoms with Gasteiger partial charge in [-0.1, -0.05) is 29.8 Å². The third-order valence-corrected chi connectivity index (χ3v) is 3.28. The minimum Gasteiger partial charge on any atom is -0.495 e. The van der Waals surface area contributed by atoms with Crippen LogP contribution in [0.3, 0.4) is 0 Å². The number of nitrogens with zero attached hydrogens (tertiary/aromatic N) is 1. The second-order valence-corrected chi connectivity index (χ2v) is 4.80. The summed E-state index contributed by atoms with van der Waals surface area (Å²) in [6, 6.07) is 16.1. The summed E-state index contributed by atoms with van der Waals surface area (Å²) in [7, 11) is 1.61. The summed E-state index contributed by atoms with van der Waals surface area (Å²) in [5.41, 5.74) is 3.94. The number of methoxy groups -OCH3 is 1. The monoisotopic (exact) mass is 266 g/mol. The summed E-state index contributed by atoms with van der Waals surface area (Å²) >= 11 is 0. The molecule has 0 saturated heterocycles. The van der Waals surface area contributed by atoms with Gasteiger partial charge in [0, 0.05) is 12.1 Å². The van der Waals surface area contributed by atoms with Crippen LogP contribution in [0.5, 0.6) is 5.75 Å². The highest BCUT2D eigenvalue weighted by atomic mass is 16.5. The van der Waals surface area contributed by atoms with Crippen molar-refractivity contribution in [2.75, 3.05) is 12.4 Å². The third kappa shape index (κ3) is 3.10. The Morgan fingerprint density at radius 2 is 1.85 bits per heavy atom. The second-order valence-electron chi connectivity index (χ2n) is 4.80. The summed E-state index contributed by atoms with van der Waals surface area (Å²) in [5, 5.41) is 12.3. The number of benzene rings is 2. The van der Waals surface area contributed by atoms with E-state index in [-0.39, 0.29) is 6.04 Å². The first-order valence-corrected chi connectivity index (χ1v) is 6.55. The maximum atomic E-state index is 8.91. The lowest BCUT2D eigenvalue weighted by molar-refractivity contribution is 0.416. The van der Waals surface area contributed by atoms with Gasteiger partial charge in [-0.2, -0.15) is 5.26 Å². The van der Waals surface area contributed by atoms with E-state index in [0.29, 0.717) is 11.3 Å². The molecular weight excluding hydrogens is 248 g/mol. The molecule has 0 aliphatic carbocycles. The van der Waals surface area contributed by atoms with Gasteiger partial charge in [0.1, 0.15) is 5.75 Å². The van der Waals surface area contributed by atoms with E-state index < -0.39 is 0 Å². The quantitative estimate of drug-likeness (QED) is 0.908. The van der Waals surface area contributed by atoms with Gasteiger partial charge in [-0.15, -0.1) is 0 Å². The first-order chi connectivity index (χ1) is 9.63. The molecule has 2 rings (SSSR count). The molecule has 2 aromatic rings. The van der Waals surface area contributed by atoms with E-state index >= 15 is 0 Å². The van der Waals surface area contributed by atoms with Crippen LogP contribution in [0, 0.1) is 18.3 Å². The smallest absolute Gasteiger partial charge is 0.143 e. The maximum absolute atomic E-state index is 8.91. The Balaban J connectivity index is 2.21. The molecule has 0 aliphatic rings. The van der Waals surface area contributed by atoms with Crippen LogP contribution in [0.25, 0.3) is 0 Å².